The van der Waals surface area contributed by atoms with Gasteiger partial charge in [0.15, 0.2) is 0 Å². The number of amides is 2. The molecule has 3 aromatic rings. The van der Waals surface area contributed by atoms with Crippen LogP contribution in [0.5, 0.6) is 0 Å². The van der Waals surface area contributed by atoms with Crippen molar-refractivity contribution < 1.29 is 9.59 Å². The number of anilines is 2. The second kappa shape index (κ2) is 11.2. The van der Waals surface area contributed by atoms with Crippen molar-refractivity contribution >= 4 is 35.0 Å². The summed E-state index contributed by atoms with van der Waals surface area (Å²) in [5, 5.41) is 15.7. The van der Waals surface area contributed by atoms with Crippen LogP contribution in [0.25, 0.3) is 0 Å². The minimum atomic E-state index is -0.386. The molecule has 0 spiro atoms. The van der Waals surface area contributed by atoms with E-state index in [9.17, 15) is 14.9 Å². The molecule has 0 bridgehead atoms. The molecule has 0 aliphatic heterocycles. The van der Waals surface area contributed by atoms with Gasteiger partial charge in [-0.05, 0) is 73.1 Å². The smallest absolute Gasteiger partial charge is 0.237 e. The lowest BCUT2D eigenvalue weighted by atomic mass is 9.82. The van der Waals surface area contributed by atoms with E-state index in [0.717, 1.165) is 30.5 Å². The number of carbonyl (C=O) groups is 2. The van der Waals surface area contributed by atoms with E-state index in [2.05, 4.69) is 41.0 Å². The maximum absolute atomic E-state index is 13.0. The first-order chi connectivity index (χ1) is 17.0. The van der Waals surface area contributed by atoms with Gasteiger partial charge in [-0.25, -0.2) is 4.98 Å². The molecule has 1 heterocycles. The van der Waals surface area contributed by atoms with Crippen molar-refractivity contribution in [3.05, 3.63) is 83.0 Å². The Morgan fingerprint density at radius 1 is 1.11 bits per heavy atom. The minimum absolute atomic E-state index is 0.141. The Morgan fingerprint density at radius 3 is 2.43 bits per heavy atom. The SMILES string of the molecule is CCC(Sc1nc2c(cc1C#N)CC(c1ccccc1)CC2)C(=O)Nc1ccc(NC(C)=O)cc1. The number of thioether (sulfide) groups is 1. The van der Waals surface area contributed by atoms with E-state index < -0.39 is 0 Å². The molecule has 178 valence electrons. The number of hydrogen-bond donors (Lipinski definition) is 2. The second-order valence-corrected chi connectivity index (χ2v) is 9.86. The molecule has 2 aromatic carbocycles. The van der Waals surface area contributed by atoms with Crippen molar-refractivity contribution in [1.29, 1.82) is 5.26 Å². The van der Waals surface area contributed by atoms with Crippen molar-refractivity contribution in [2.24, 2.45) is 0 Å². The molecule has 1 aliphatic carbocycles. The van der Waals surface area contributed by atoms with Gasteiger partial charge in [-0.2, -0.15) is 5.26 Å². The van der Waals surface area contributed by atoms with Crippen molar-refractivity contribution in [1.82, 2.24) is 4.98 Å². The molecular weight excluding hydrogens is 456 g/mol. The van der Waals surface area contributed by atoms with Crippen molar-refractivity contribution in [3.63, 3.8) is 0 Å². The molecule has 7 heteroatoms. The minimum Gasteiger partial charge on any atom is -0.326 e. The van der Waals surface area contributed by atoms with Gasteiger partial charge in [-0.3, -0.25) is 9.59 Å². The first-order valence-corrected chi connectivity index (χ1v) is 12.7. The van der Waals surface area contributed by atoms with E-state index in [0.29, 0.717) is 34.3 Å². The van der Waals surface area contributed by atoms with Gasteiger partial charge in [0.05, 0.1) is 10.8 Å². The maximum atomic E-state index is 13.0. The van der Waals surface area contributed by atoms with Crippen molar-refractivity contribution in [2.45, 2.75) is 55.7 Å². The monoisotopic (exact) mass is 484 g/mol. The molecule has 0 radical (unpaired) electrons. The Morgan fingerprint density at radius 2 is 1.80 bits per heavy atom. The highest BCUT2D eigenvalue weighted by Gasteiger charge is 2.25. The van der Waals surface area contributed by atoms with Crippen LogP contribution < -0.4 is 10.6 Å². The van der Waals surface area contributed by atoms with Gasteiger partial charge in [-0.15, -0.1) is 0 Å². The third-order valence-electron chi connectivity index (χ3n) is 6.13. The van der Waals surface area contributed by atoms with Crippen molar-refractivity contribution in [2.75, 3.05) is 10.6 Å². The normalized spacial score (nSPS) is 15.4. The lowest BCUT2D eigenvalue weighted by Gasteiger charge is -2.25. The average molecular weight is 485 g/mol. The van der Waals surface area contributed by atoms with Gasteiger partial charge in [0.1, 0.15) is 11.1 Å². The van der Waals surface area contributed by atoms with E-state index in [1.807, 2.05) is 19.1 Å². The fourth-order valence-corrected chi connectivity index (χ4v) is 5.34. The Bertz CT molecular complexity index is 1250. The Hall–Kier alpha value is -3.63. The van der Waals surface area contributed by atoms with Gasteiger partial charge >= 0.3 is 0 Å². The van der Waals surface area contributed by atoms with Gasteiger partial charge in [0.25, 0.3) is 0 Å². The number of nitrogens with zero attached hydrogens (tertiary/aromatic N) is 2. The number of nitriles is 1. The molecule has 6 nitrogen and oxygen atoms in total. The zero-order valence-corrected chi connectivity index (χ0v) is 20.7. The summed E-state index contributed by atoms with van der Waals surface area (Å²) in [4.78, 5) is 29.0. The van der Waals surface area contributed by atoms with Crippen LogP contribution in [0.1, 0.15) is 55.0 Å². The Kier molecular flexibility index (Phi) is 7.84. The van der Waals surface area contributed by atoms with Gasteiger partial charge in [0, 0.05) is 24.0 Å². The van der Waals surface area contributed by atoms with Crippen LogP contribution in [0.3, 0.4) is 0 Å². The molecular formula is C28H28N4O2S. The fourth-order valence-electron chi connectivity index (χ4n) is 4.35. The number of hydrogen-bond acceptors (Lipinski definition) is 5. The zero-order valence-electron chi connectivity index (χ0n) is 19.9. The summed E-state index contributed by atoms with van der Waals surface area (Å²) in [6.07, 6.45) is 3.35. The van der Waals surface area contributed by atoms with E-state index in [1.165, 1.54) is 24.2 Å². The number of carbonyl (C=O) groups excluding carboxylic acids is 2. The number of aromatic nitrogens is 1. The van der Waals surface area contributed by atoms with Crippen molar-refractivity contribution in [3.8, 4) is 6.07 Å². The number of pyridine rings is 1. The molecule has 1 aliphatic rings. The molecule has 0 saturated heterocycles. The first kappa shape index (κ1) is 24.5. The summed E-state index contributed by atoms with van der Waals surface area (Å²) in [5.74, 6) is 0.143. The summed E-state index contributed by atoms with van der Waals surface area (Å²) in [7, 11) is 0. The Balaban J connectivity index is 1.47. The third kappa shape index (κ3) is 6.09. The molecule has 0 saturated carbocycles. The fraction of sp³-hybridized carbons (Fsp3) is 0.286. The Labute approximate surface area is 210 Å². The molecule has 2 amide bonds. The highest BCUT2D eigenvalue weighted by molar-refractivity contribution is 8.00. The number of aryl methyl sites for hydroxylation is 1. The second-order valence-electron chi connectivity index (χ2n) is 8.67. The summed E-state index contributed by atoms with van der Waals surface area (Å²) in [5.41, 5.74) is 5.32. The maximum Gasteiger partial charge on any atom is 0.237 e. The quantitative estimate of drug-likeness (QED) is 0.420. The molecule has 35 heavy (non-hydrogen) atoms. The molecule has 2 unspecified atom stereocenters. The number of fused-ring (bicyclic) bond motifs is 1. The number of rotatable bonds is 7. The van der Waals surface area contributed by atoms with Gasteiger partial charge in [-0.1, -0.05) is 49.0 Å². The van der Waals surface area contributed by atoms with E-state index in [4.69, 9.17) is 4.98 Å². The predicted octanol–water partition coefficient (Wildman–Crippen LogP) is 5.69. The topological polar surface area (TPSA) is 94.9 Å². The number of benzene rings is 2. The zero-order chi connectivity index (χ0) is 24.8. The summed E-state index contributed by atoms with van der Waals surface area (Å²) in [6, 6.07) is 21.7. The van der Waals surface area contributed by atoms with Crippen LogP contribution in [0.15, 0.2) is 65.7 Å². The highest BCUT2D eigenvalue weighted by atomic mass is 32.2. The van der Waals surface area contributed by atoms with Crippen LogP contribution in [-0.2, 0) is 22.4 Å². The standard InChI is InChI=1S/C28H28N4O2S/c1-3-26(27(34)31-24-12-10-23(11-13-24)30-18(2)33)35-28-22(17-29)16-21-15-20(9-14-25(21)32-28)19-7-5-4-6-8-19/h4-8,10-13,16,20,26H,3,9,14-15H2,1-2H3,(H,30,33)(H,31,34). The van der Waals surface area contributed by atoms with Crippen LogP contribution in [0, 0.1) is 11.3 Å². The lowest BCUT2D eigenvalue weighted by Crippen LogP contribution is -2.25. The van der Waals surface area contributed by atoms with Crippen LogP contribution >= 0.6 is 11.8 Å². The largest absolute Gasteiger partial charge is 0.326 e. The highest BCUT2D eigenvalue weighted by Crippen LogP contribution is 2.36. The summed E-state index contributed by atoms with van der Waals surface area (Å²) >= 11 is 1.35. The molecule has 1 aromatic heterocycles. The van der Waals surface area contributed by atoms with E-state index >= 15 is 0 Å². The average Bonchev–Trinajstić information content (AvgIpc) is 2.87. The molecule has 2 N–H and O–H groups in total. The first-order valence-electron chi connectivity index (χ1n) is 11.8. The van der Waals surface area contributed by atoms with Crippen LogP contribution in [0.4, 0.5) is 11.4 Å². The van der Waals surface area contributed by atoms with Gasteiger partial charge < -0.3 is 10.6 Å². The van der Waals surface area contributed by atoms with E-state index in [1.54, 1.807) is 24.3 Å². The molecule has 2 atom stereocenters. The van der Waals surface area contributed by atoms with E-state index in [-0.39, 0.29) is 17.1 Å². The predicted molar refractivity (Wildman–Crippen MR) is 139 cm³/mol. The third-order valence-corrected chi connectivity index (χ3v) is 7.50. The van der Waals surface area contributed by atoms with Crippen LogP contribution in [-0.4, -0.2) is 22.0 Å². The van der Waals surface area contributed by atoms with Gasteiger partial charge in [0.2, 0.25) is 11.8 Å². The lowest BCUT2D eigenvalue weighted by molar-refractivity contribution is -0.116. The molecule has 0 fully saturated rings. The number of nitrogens with one attached hydrogen (secondary N) is 2. The summed E-state index contributed by atoms with van der Waals surface area (Å²) in [6.45, 7) is 3.40. The molecule has 4 rings (SSSR count). The summed E-state index contributed by atoms with van der Waals surface area (Å²) < 4.78 is 0. The van der Waals surface area contributed by atoms with Crippen LogP contribution in [0.2, 0.25) is 0 Å².